The molecule has 1 amide bonds. The van der Waals surface area contributed by atoms with E-state index in [1.165, 1.54) is 29.2 Å². The summed E-state index contributed by atoms with van der Waals surface area (Å²) in [7, 11) is 0. The van der Waals surface area contributed by atoms with E-state index >= 15 is 0 Å². The predicted octanol–water partition coefficient (Wildman–Crippen LogP) is 2.18. The molecule has 9 nitrogen and oxygen atoms in total. The lowest BCUT2D eigenvalue weighted by atomic mass is 10.1. The number of hydrogen-bond donors (Lipinski definition) is 2. The van der Waals surface area contributed by atoms with Crippen LogP contribution in [0.3, 0.4) is 0 Å². The Kier molecular flexibility index (Phi) is 6.81. The Hall–Kier alpha value is -2.52. The Morgan fingerprint density at radius 1 is 1.45 bits per heavy atom. The van der Waals surface area contributed by atoms with Crippen LogP contribution in [-0.4, -0.2) is 55.9 Å². The van der Waals surface area contributed by atoms with Crippen LogP contribution in [0.4, 0.5) is 5.82 Å². The molecule has 11 heteroatoms. The van der Waals surface area contributed by atoms with E-state index in [4.69, 9.17) is 5.11 Å². The summed E-state index contributed by atoms with van der Waals surface area (Å²) in [5.41, 5.74) is 0.667. The number of aliphatic hydroxyl groups is 1. The molecule has 3 rings (SSSR count). The van der Waals surface area contributed by atoms with Gasteiger partial charge in [-0.1, -0.05) is 24.8 Å². The minimum absolute atomic E-state index is 0.175. The number of anilines is 1. The van der Waals surface area contributed by atoms with Gasteiger partial charge in [0, 0.05) is 25.0 Å². The Morgan fingerprint density at radius 2 is 2.24 bits per heavy atom. The van der Waals surface area contributed by atoms with Gasteiger partial charge in [-0.3, -0.25) is 4.79 Å². The molecule has 3 heterocycles. The highest BCUT2D eigenvalue weighted by Gasteiger charge is 2.39. The summed E-state index contributed by atoms with van der Waals surface area (Å²) in [6, 6.07) is 5.40. The van der Waals surface area contributed by atoms with Crippen molar-refractivity contribution in [3.05, 3.63) is 35.0 Å². The number of rotatable bonds is 8. The van der Waals surface area contributed by atoms with E-state index in [0.717, 1.165) is 11.3 Å². The van der Waals surface area contributed by atoms with Crippen LogP contribution in [0.15, 0.2) is 28.9 Å². The maximum Gasteiger partial charge on any atom is 0.347 e. The normalized spacial score (nSPS) is 18.0. The highest BCUT2D eigenvalue weighted by molar-refractivity contribution is 8.01. The summed E-state index contributed by atoms with van der Waals surface area (Å²) in [5.74, 6) is -1.17. The highest BCUT2D eigenvalue weighted by atomic mass is 32.2. The molecule has 0 aliphatic carbocycles. The molecule has 0 aromatic carbocycles. The fourth-order valence-electron chi connectivity index (χ4n) is 2.82. The van der Waals surface area contributed by atoms with Crippen molar-refractivity contribution in [3.8, 4) is 6.07 Å². The summed E-state index contributed by atoms with van der Waals surface area (Å²) in [6.07, 6.45) is 2.80. The predicted molar refractivity (Wildman–Crippen MR) is 107 cm³/mol. The Bertz CT molecular complexity index is 927. The van der Waals surface area contributed by atoms with Crippen molar-refractivity contribution < 1.29 is 19.8 Å². The van der Waals surface area contributed by atoms with E-state index in [-0.39, 0.29) is 17.3 Å². The first-order valence-electron chi connectivity index (χ1n) is 8.89. The number of thiazole rings is 1. The molecule has 2 unspecified atom stereocenters. The molecule has 1 saturated heterocycles. The van der Waals surface area contributed by atoms with Gasteiger partial charge in [0.2, 0.25) is 0 Å². The first-order chi connectivity index (χ1) is 13.9. The zero-order chi connectivity index (χ0) is 21.0. The van der Waals surface area contributed by atoms with E-state index in [9.17, 15) is 20.0 Å². The number of hydrogen-bond acceptors (Lipinski definition) is 9. The first-order valence-corrected chi connectivity index (χ1v) is 10.7. The van der Waals surface area contributed by atoms with Crippen LogP contribution in [0.5, 0.6) is 0 Å². The summed E-state index contributed by atoms with van der Waals surface area (Å²) in [5, 5.41) is 31.3. The number of nitriles is 1. The van der Waals surface area contributed by atoms with Gasteiger partial charge in [0.05, 0.1) is 18.4 Å². The molecule has 1 aliphatic rings. The maximum atomic E-state index is 12.6. The number of thioether (sulfide) groups is 1. The number of nitrogens with zero attached hydrogens (tertiary/aromatic N) is 5. The van der Waals surface area contributed by atoms with Crippen molar-refractivity contribution in [3.63, 3.8) is 0 Å². The molecule has 2 N–H and O–H groups in total. The molecule has 2 atom stereocenters. The smallest absolute Gasteiger partial charge is 0.347 e. The van der Waals surface area contributed by atoms with Crippen molar-refractivity contribution in [2.75, 3.05) is 23.9 Å². The minimum atomic E-state index is -1.01. The van der Waals surface area contributed by atoms with Gasteiger partial charge >= 0.3 is 5.97 Å². The molecule has 2 aromatic rings. The lowest BCUT2D eigenvalue weighted by molar-refractivity contribution is -0.119. The highest BCUT2D eigenvalue weighted by Crippen LogP contribution is 2.28. The number of carboxylic acid groups (broad SMARTS) is 1. The largest absolute Gasteiger partial charge is 0.477 e. The average molecular weight is 434 g/mol. The number of amides is 1. The van der Waals surface area contributed by atoms with E-state index in [2.05, 4.69) is 9.97 Å². The first kappa shape index (κ1) is 21.2. The fraction of sp³-hybridized carbons (Fsp3) is 0.389. The molecule has 0 radical (unpaired) electrons. The Balaban J connectivity index is 1.69. The molecule has 1 fully saturated rings. The Labute approximate surface area is 175 Å². The van der Waals surface area contributed by atoms with Gasteiger partial charge in [-0.25, -0.2) is 24.8 Å². The lowest BCUT2D eigenvalue weighted by Crippen LogP contribution is -2.41. The number of carbonyl (C=O) groups is 2. The van der Waals surface area contributed by atoms with Gasteiger partial charge in [0.1, 0.15) is 16.6 Å². The molecule has 1 aliphatic heterocycles. The second-order valence-corrected chi connectivity index (χ2v) is 8.63. The van der Waals surface area contributed by atoms with Crippen molar-refractivity contribution in [2.24, 2.45) is 5.92 Å². The number of pyridine rings is 1. The van der Waals surface area contributed by atoms with Crippen LogP contribution in [-0.2, 0) is 4.79 Å². The number of aromatic carboxylic acids is 1. The SMILES string of the molecule is CCC(O)c1ccc(N2C(=O)C(C#N)CN2CCSc2ncc(C(=O)O)s2)nc1. The fourth-order valence-corrected chi connectivity index (χ4v) is 4.67. The van der Waals surface area contributed by atoms with Crippen LogP contribution in [0, 0.1) is 17.2 Å². The van der Waals surface area contributed by atoms with Crippen LogP contribution >= 0.6 is 23.1 Å². The minimum Gasteiger partial charge on any atom is -0.477 e. The van der Waals surface area contributed by atoms with E-state index in [1.54, 1.807) is 17.1 Å². The summed E-state index contributed by atoms with van der Waals surface area (Å²) >= 11 is 2.49. The van der Waals surface area contributed by atoms with E-state index < -0.39 is 18.0 Å². The van der Waals surface area contributed by atoms with Crippen molar-refractivity contribution in [2.45, 2.75) is 23.8 Å². The van der Waals surface area contributed by atoms with Gasteiger partial charge in [-0.15, -0.1) is 11.3 Å². The third-order valence-electron chi connectivity index (χ3n) is 4.37. The topological polar surface area (TPSA) is 131 Å². The summed E-state index contributed by atoms with van der Waals surface area (Å²) < 4.78 is 0.632. The third kappa shape index (κ3) is 4.73. The molecular formula is C18H19N5O4S2. The monoisotopic (exact) mass is 433 g/mol. The summed E-state index contributed by atoms with van der Waals surface area (Å²) in [6.45, 7) is 2.58. The number of hydrazine groups is 1. The molecule has 152 valence electrons. The number of aromatic nitrogens is 2. The zero-order valence-corrected chi connectivity index (χ0v) is 17.2. The standard InChI is InChI=1S/C18H19N5O4S2/c1-2-13(24)11-3-4-15(20-8-11)23-16(25)12(7-19)10-22(23)5-6-28-18-21-9-14(29-18)17(26)27/h3-4,8-9,12-13,24H,2,5-6,10H2,1H3,(H,26,27). The molecular weight excluding hydrogens is 414 g/mol. The second-order valence-electron chi connectivity index (χ2n) is 6.26. The van der Waals surface area contributed by atoms with Crippen molar-refractivity contribution >= 4 is 40.8 Å². The second kappa shape index (κ2) is 9.32. The molecule has 0 saturated carbocycles. The van der Waals surface area contributed by atoms with Crippen molar-refractivity contribution in [1.29, 1.82) is 5.26 Å². The van der Waals surface area contributed by atoms with Crippen molar-refractivity contribution in [1.82, 2.24) is 15.0 Å². The van der Waals surface area contributed by atoms with Crippen LogP contribution in [0.2, 0.25) is 0 Å². The number of carboxylic acids is 1. The molecule has 2 aromatic heterocycles. The van der Waals surface area contributed by atoms with Crippen LogP contribution in [0.25, 0.3) is 0 Å². The van der Waals surface area contributed by atoms with Gasteiger partial charge in [0.15, 0.2) is 4.34 Å². The molecule has 0 bridgehead atoms. The summed E-state index contributed by atoms with van der Waals surface area (Å²) in [4.78, 5) is 32.1. The van der Waals surface area contributed by atoms with Gasteiger partial charge in [-0.2, -0.15) is 5.26 Å². The van der Waals surface area contributed by atoms with Gasteiger partial charge in [-0.05, 0) is 18.1 Å². The lowest BCUT2D eigenvalue weighted by Gasteiger charge is -2.26. The number of aliphatic hydroxyl groups excluding tert-OH is 1. The third-order valence-corrected chi connectivity index (χ3v) is 6.49. The van der Waals surface area contributed by atoms with Crippen LogP contribution in [0.1, 0.15) is 34.7 Å². The molecule has 0 spiro atoms. The molecule has 29 heavy (non-hydrogen) atoms. The Morgan fingerprint density at radius 3 is 2.83 bits per heavy atom. The van der Waals surface area contributed by atoms with Crippen LogP contribution < -0.4 is 5.01 Å². The quantitative estimate of drug-likeness (QED) is 0.601. The maximum absolute atomic E-state index is 12.6. The van der Waals surface area contributed by atoms with E-state index in [1.807, 2.05) is 13.0 Å². The van der Waals surface area contributed by atoms with Gasteiger partial charge in [0.25, 0.3) is 5.91 Å². The zero-order valence-electron chi connectivity index (χ0n) is 15.6. The van der Waals surface area contributed by atoms with Gasteiger partial charge < -0.3 is 10.2 Å². The number of carbonyl (C=O) groups excluding carboxylic acids is 1. The van der Waals surface area contributed by atoms with E-state index in [0.29, 0.717) is 34.4 Å². The average Bonchev–Trinajstić information content (AvgIpc) is 3.32.